The molecular formula is C17H21NO2. The predicted molar refractivity (Wildman–Crippen MR) is 77.6 cm³/mol. The second-order valence-corrected chi connectivity index (χ2v) is 5.96. The van der Waals surface area contributed by atoms with Crippen molar-refractivity contribution in [2.45, 2.75) is 44.1 Å². The van der Waals surface area contributed by atoms with Crippen LogP contribution in [0.3, 0.4) is 0 Å². The molecule has 0 spiro atoms. The number of benzene rings is 1. The molecular weight excluding hydrogens is 250 g/mol. The van der Waals surface area contributed by atoms with Crippen molar-refractivity contribution in [2.75, 3.05) is 13.1 Å². The number of piperidine rings is 1. The number of Topliss-reactive ketones (excluding diaryl/α,β-unsaturated/α-hetero) is 2. The van der Waals surface area contributed by atoms with Crippen molar-refractivity contribution in [3.63, 3.8) is 0 Å². The summed E-state index contributed by atoms with van der Waals surface area (Å²) in [7, 11) is 0. The average Bonchev–Trinajstić information content (AvgIpc) is 2.48. The minimum absolute atomic E-state index is 0.00410. The zero-order valence-corrected chi connectivity index (χ0v) is 11.8. The first-order valence-electron chi connectivity index (χ1n) is 7.57. The lowest BCUT2D eigenvalue weighted by Gasteiger charge is -2.38. The van der Waals surface area contributed by atoms with Gasteiger partial charge in [-0.1, -0.05) is 30.3 Å². The molecule has 0 aromatic heterocycles. The maximum absolute atomic E-state index is 12.0. The number of rotatable bonds is 2. The molecule has 1 heterocycles. The van der Waals surface area contributed by atoms with Gasteiger partial charge in [-0.25, -0.2) is 0 Å². The van der Waals surface area contributed by atoms with E-state index >= 15 is 0 Å². The zero-order valence-electron chi connectivity index (χ0n) is 11.8. The standard InChI is InChI=1S/C17H21NO2/c19-15-6-7-16(17(20)12-15)18-10-8-14(9-11-18)13-4-2-1-3-5-13/h1-5,14,16H,6-12H2. The lowest BCUT2D eigenvalue weighted by molar-refractivity contribution is -0.134. The second-order valence-electron chi connectivity index (χ2n) is 5.96. The van der Waals surface area contributed by atoms with Gasteiger partial charge in [0.2, 0.25) is 0 Å². The third-order valence-electron chi connectivity index (χ3n) is 4.68. The molecule has 1 aromatic carbocycles. The quantitative estimate of drug-likeness (QED) is 0.776. The van der Waals surface area contributed by atoms with Crippen LogP contribution in [0.15, 0.2) is 30.3 Å². The van der Waals surface area contributed by atoms with E-state index in [-0.39, 0.29) is 24.0 Å². The molecule has 1 atom stereocenters. The SMILES string of the molecule is O=C1CCC(N2CCC(c3ccccc3)CC2)C(=O)C1. The lowest BCUT2D eigenvalue weighted by Crippen LogP contribution is -2.47. The Balaban J connectivity index is 1.59. The van der Waals surface area contributed by atoms with Crippen molar-refractivity contribution >= 4 is 11.6 Å². The minimum Gasteiger partial charge on any atom is -0.299 e. The van der Waals surface area contributed by atoms with Crippen molar-refractivity contribution in [2.24, 2.45) is 0 Å². The number of ketones is 2. The summed E-state index contributed by atoms with van der Waals surface area (Å²) < 4.78 is 0. The maximum atomic E-state index is 12.0. The molecule has 106 valence electrons. The number of nitrogens with zero attached hydrogens (tertiary/aromatic N) is 1. The van der Waals surface area contributed by atoms with Gasteiger partial charge in [0.05, 0.1) is 12.5 Å². The van der Waals surface area contributed by atoms with E-state index in [9.17, 15) is 9.59 Å². The number of carbonyl (C=O) groups excluding carboxylic acids is 2. The smallest absolute Gasteiger partial charge is 0.157 e. The van der Waals surface area contributed by atoms with Crippen LogP contribution in [0, 0.1) is 0 Å². The highest BCUT2D eigenvalue weighted by molar-refractivity contribution is 6.03. The van der Waals surface area contributed by atoms with E-state index in [2.05, 4.69) is 35.2 Å². The van der Waals surface area contributed by atoms with Crippen molar-refractivity contribution in [3.8, 4) is 0 Å². The Bertz CT molecular complexity index is 489. The first kappa shape index (κ1) is 13.5. The summed E-state index contributed by atoms with van der Waals surface area (Å²) in [6.07, 6.45) is 3.69. The van der Waals surface area contributed by atoms with Crippen LogP contribution in [0.1, 0.15) is 43.6 Å². The van der Waals surface area contributed by atoms with Gasteiger partial charge in [-0.05, 0) is 43.8 Å². The van der Waals surface area contributed by atoms with Crippen molar-refractivity contribution < 1.29 is 9.59 Å². The predicted octanol–water partition coefficient (Wildman–Crippen LogP) is 2.56. The largest absolute Gasteiger partial charge is 0.299 e. The van der Waals surface area contributed by atoms with E-state index in [1.165, 1.54) is 5.56 Å². The number of carbonyl (C=O) groups is 2. The lowest BCUT2D eigenvalue weighted by atomic mass is 9.86. The van der Waals surface area contributed by atoms with E-state index in [4.69, 9.17) is 0 Å². The summed E-state index contributed by atoms with van der Waals surface area (Å²) in [4.78, 5) is 25.6. The molecule has 0 N–H and O–H groups in total. The van der Waals surface area contributed by atoms with Gasteiger partial charge in [-0.15, -0.1) is 0 Å². The van der Waals surface area contributed by atoms with Gasteiger partial charge >= 0.3 is 0 Å². The fourth-order valence-corrected chi connectivity index (χ4v) is 3.52. The number of hydrogen-bond donors (Lipinski definition) is 0. The molecule has 0 amide bonds. The highest BCUT2D eigenvalue weighted by Crippen LogP contribution is 2.30. The van der Waals surface area contributed by atoms with Gasteiger partial charge in [0.15, 0.2) is 5.78 Å². The Hall–Kier alpha value is -1.48. The van der Waals surface area contributed by atoms with E-state index in [0.29, 0.717) is 12.3 Å². The Morgan fingerprint density at radius 3 is 2.30 bits per heavy atom. The Labute approximate surface area is 120 Å². The first-order valence-corrected chi connectivity index (χ1v) is 7.57. The molecule has 2 fully saturated rings. The van der Waals surface area contributed by atoms with Crippen LogP contribution in [0.4, 0.5) is 0 Å². The van der Waals surface area contributed by atoms with E-state index < -0.39 is 0 Å². The molecule has 0 radical (unpaired) electrons. The van der Waals surface area contributed by atoms with E-state index in [1.807, 2.05) is 0 Å². The molecule has 1 aromatic rings. The van der Waals surface area contributed by atoms with Crippen molar-refractivity contribution in [1.29, 1.82) is 0 Å². The molecule has 1 aliphatic heterocycles. The van der Waals surface area contributed by atoms with Crippen LogP contribution in [-0.4, -0.2) is 35.6 Å². The molecule has 1 aliphatic carbocycles. The molecule has 1 saturated heterocycles. The van der Waals surface area contributed by atoms with Crippen LogP contribution >= 0.6 is 0 Å². The summed E-state index contributed by atoms with van der Waals surface area (Å²) in [5.74, 6) is 0.873. The molecule has 3 nitrogen and oxygen atoms in total. The second kappa shape index (κ2) is 5.88. The van der Waals surface area contributed by atoms with Crippen molar-refractivity contribution in [1.82, 2.24) is 4.90 Å². The fourth-order valence-electron chi connectivity index (χ4n) is 3.52. The van der Waals surface area contributed by atoms with Crippen LogP contribution in [0.25, 0.3) is 0 Å². The van der Waals surface area contributed by atoms with E-state index in [0.717, 1.165) is 32.4 Å². The molecule has 1 unspecified atom stereocenters. The molecule has 2 aliphatic rings. The molecule has 1 saturated carbocycles. The Kier molecular flexibility index (Phi) is 3.97. The van der Waals surface area contributed by atoms with Gasteiger partial charge in [-0.3, -0.25) is 14.5 Å². The van der Waals surface area contributed by atoms with Crippen LogP contribution in [-0.2, 0) is 9.59 Å². The van der Waals surface area contributed by atoms with Crippen molar-refractivity contribution in [3.05, 3.63) is 35.9 Å². The summed E-state index contributed by atoms with van der Waals surface area (Å²) in [6.45, 7) is 1.95. The monoisotopic (exact) mass is 271 g/mol. The summed E-state index contributed by atoms with van der Waals surface area (Å²) in [5, 5.41) is 0. The number of hydrogen-bond acceptors (Lipinski definition) is 3. The fraction of sp³-hybridized carbons (Fsp3) is 0.529. The van der Waals surface area contributed by atoms with Gasteiger partial charge in [0.25, 0.3) is 0 Å². The Morgan fingerprint density at radius 1 is 0.950 bits per heavy atom. The molecule has 20 heavy (non-hydrogen) atoms. The van der Waals surface area contributed by atoms with E-state index in [1.54, 1.807) is 0 Å². The van der Waals surface area contributed by atoms with Gasteiger partial charge < -0.3 is 0 Å². The third-order valence-corrected chi connectivity index (χ3v) is 4.68. The Morgan fingerprint density at radius 2 is 1.65 bits per heavy atom. The highest BCUT2D eigenvalue weighted by atomic mass is 16.2. The summed E-state index contributed by atoms with van der Waals surface area (Å²) in [5.41, 5.74) is 1.41. The first-order chi connectivity index (χ1) is 9.74. The highest BCUT2D eigenvalue weighted by Gasteiger charge is 2.33. The molecule has 3 rings (SSSR count). The van der Waals surface area contributed by atoms with Crippen LogP contribution in [0.2, 0.25) is 0 Å². The summed E-state index contributed by atoms with van der Waals surface area (Å²) >= 11 is 0. The summed E-state index contributed by atoms with van der Waals surface area (Å²) in [6, 6.07) is 10.6. The third kappa shape index (κ3) is 2.83. The normalized spacial score (nSPS) is 25.9. The zero-order chi connectivity index (χ0) is 13.9. The van der Waals surface area contributed by atoms with Gasteiger partial charge in [0, 0.05) is 6.42 Å². The molecule has 0 bridgehead atoms. The topological polar surface area (TPSA) is 37.4 Å². The van der Waals surface area contributed by atoms with Crippen LogP contribution in [0.5, 0.6) is 0 Å². The van der Waals surface area contributed by atoms with Crippen LogP contribution < -0.4 is 0 Å². The number of likely N-dealkylation sites (tertiary alicyclic amines) is 1. The molecule has 3 heteroatoms. The van der Waals surface area contributed by atoms with Gasteiger partial charge in [0.1, 0.15) is 5.78 Å². The average molecular weight is 271 g/mol. The van der Waals surface area contributed by atoms with Gasteiger partial charge in [-0.2, -0.15) is 0 Å². The maximum Gasteiger partial charge on any atom is 0.157 e. The minimum atomic E-state index is 0.00410.